The summed E-state index contributed by atoms with van der Waals surface area (Å²) in [6, 6.07) is 15.1. The number of likely N-dealkylation sites (N-methyl/N-ethyl adjacent to an activating group) is 1. The predicted molar refractivity (Wildman–Crippen MR) is 114 cm³/mol. The van der Waals surface area contributed by atoms with Gasteiger partial charge in [0.15, 0.2) is 0 Å². The van der Waals surface area contributed by atoms with E-state index in [1.807, 2.05) is 62.4 Å². The lowest BCUT2D eigenvalue weighted by atomic mass is 10.1. The lowest BCUT2D eigenvalue weighted by molar-refractivity contribution is -0.139. The summed E-state index contributed by atoms with van der Waals surface area (Å²) in [5.41, 5.74) is 2.11. The maximum atomic E-state index is 13.1. The summed E-state index contributed by atoms with van der Waals surface area (Å²) in [7, 11) is 3.21. The van der Waals surface area contributed by atoms with Gasteiger partial charge in [0.1, 0.15) is 11.8 Å². The molecule has 0 radical (unpaired) electrons. The van der Waals surface area contributed by atoms with Crippen LogP contribution < -0.4 is 10.1 Å². The first-order valence-electron chi connectivity index (χ1n) is 9.32. The Labute approximate surface area is 171 Å². The lowest BCUT2D eigenvalue weighted by Gasteiger charge is -2.30. The number of amides is 2. The monoisotopic (exact) mass is 400 g/mol. The van der Waals surface area contributed by atoms with Crippen LogP contribution in [0, 0.1) is 6.92 Å². The van der Waals surface area contributed by atoms with Gasteiger partial charge in [0.25, 0.3) is 0 Å². The highest BCUT2D eigenvalue weighted by Crippen LogP contribution is 2.22. The summed E-state index contributed by atoms with van der Waals surface area (Å²) in [5, 5.41) is 2.68. The molecule has 2 rings (SSSR count). The number of ether oxygens (including phenoxy) is 1. The molecule has 1 unspecified atom stereocenters. The Kier molecular flexibility index (Phi) is 8.39. The Bertz CT molecular complexity index is 793. The normalized spacial score (nSPS) is 11.6. The van der Waals surface area contributed by atoms with Crippen molar-refractivity contribution in [1.29, 1.82) is 0 Å². The molecule has 0 heterocycles. The van der Waals surface area contributed by atoms with E-state index in [-0.39, 0.29) is 17.6 Å². The van der Waals surface area contributed by atoms with E-state index in [0.29, 0.717) is 13.0 Å². The second-order valence-corrected chi connectivity index (χ2v) is 7.56. The van der Waals surface area contributed by atoms with Gasteiger partial charge in [-0.2, -0.15) is 0 Å². The number of nitrogens with one attached hydrogen (secondary N) is 1. The molecule has 2 amide bonds. The van der Waals surface area contributed by atoms with Crippen LogP contribution in [-0.2, 0) is 16.1 Å². The van der Waals surface area contributed by atoms with Gasteiger partial charge in [0.2, 0.25) is 11.8 Å². The minimum absolute atomic E-state index is 0.0659. The number of nitrogens with zero attached hydrogens (tertiary/aromatic N) is 1. The third kappa shape index (κ3) is 6.02. The van der Waals surface area contributed by atoms with Gasteiger partial charge in [-0.1, -0.05) is 36.8 Å². The number of benzene rings is 2. The summed E-state index contributed by atoms with van der Waals surface area (Å²) in [4.78, 5) is 28.1. The number of carbonyl (C=O) groups is 2. The topological polar surface area (TPSA) is 58.6 Å². The van der Waals surface area contributed by atoms with Crippen LogP contribution in [0.15, 0.2) is 53.4 Å². The number of hydrogen-bond acceptors (Lipinski definition) is 4. The number of carbonyl (C=O) groups excluding carboxylic acids is 2. The molecule has 0 saturated heterocycles. The van der Waals surface area contributed by atoms with Crippen LogP contribution in [0.4, 0.5) is 0 Å². The fourth-order valence-corrected chi connectivity index (χ4v) is 3.70. The molecule has 0 bridgehead atoms. The molecule has 0 aliphatic carbocycles. The second kappa shape index (κ2) is 10.8. The van der Waals surface area contributed by atoms with Gasteiger partial charge in [-0.25, -0.2) is 0 Å². The van der Waals surface area contributed by atoms with Gasteiger partial charge in [-0.3, -0.25) is 9.59 Å². The quantitative estimate of drug-likeness (QED) is 0.653. The Hall–Kier alpha value is -2.47. The molecule has 1 N–H and O–H groups in total. The first kappa shape index (κ1) is 21.8. The molecule has 5 nitrogen and oxygen atoms in total. The summed E-state index contributed by atoms with van der Waals surface area (Å²) in [5.74, 6) is 0.787. The second-order valence-electron chi connectivity index (χ2n) is 6.51. The highest BCUT2D eigenvalue weighted by molar-refractivity contribution is 8.00. The highest BCUT2D eigenvalue weighted by atomic mass is 32.2. The van der Waals surface area contributed by atoms with Crippen LogP contribution in [-0.4, -0.2) is 42.7 Å². The Balaban J connectivity index is 2.19. The van der Waals surface area contributed by atoms with Crippen molar-refractivity contribution < 1.29 is 14.3 Å². The van der Waals surface area contributed by atoms with Crippen LogP contribution in [0.2, 0.25) is 0 Å². The molecule has 6 heteroatoms. The largest absolute Gasteiger partial charge is 0.497 e. The number of hydrogen-bond donors (Lipinski definition) is 1. The van der Waals surface area contributed by atoms with Gasteiger partial charge in [-0.15, -0.1) is 11.8 Å². The summed E-state index contributed by atoms with van der Waals surface area (Å²) in [6.07, 6.45) is 0.546. The van der Waals surface area contributed by atoms with Gasteiger partial charge in [0.05, 0.1) is 12.9 Å². The third-order valence-corrected chi connectivity index (χ3v) is 5.50. The fourth-order valence-electron chi connectivity index (χ4n) is 2.92. The summed E-state index contributed by atoms with van der Waals surface area (Å²) in [6.45, 7) is 4.31. The molecular weight excluding hydrogens is 372 g/mol. The van der Waals surface area contributed by atoms with Crippen LogP contribution in [0.5, 0.6) is 5.75 Å². The van der Waals surface area contributed by atoms with Gasteiger partial charge < -0.3 is 15.0 Å². The molecule has 0 spiro atoms. The number of rotatable bonds is 9. The van der Waals surface area contributed by atoms with Crippen LogP contribution >= 0.6 is 11.8 Å². The zero-order valence-electron chi connectivity index (χ0n) is 16.9. The van der Waals surface area contributed by atoms with Gasteiger partial charge in [-0.05, 0) is 43.2 Å². The average Bonchev–Trinajstić information content (AvgIpc) is 2.72. The van der Waals surface area contributed by atoms with E-state index in [0.717, 1.165) is 16.2 Å². The molecule has 0 saturated carbocycles. The summed E-state index contributed by atoms with van der Waals surface area (Å²) >= 11 is 1.48. The van der Waals surface area contributed by atoms with E-state index >= 15 is 0 Å². The fraction of sp³-hybridized carbons (Fsp3) is 0.364. The van der Waals surface area contributed by atoms with Crippen molar-refractivity contribution >= 4 is 23.6 Å². The van der Waals surface area contributed by atoms with E-state index in [9.17, 15) is 9.59 Å². The number of aryl methyl sites for hydroxylation is 1. The van der Waals surface area contributed by atoms with Crippen molar-refractivity contribution in [2.45, 2.75) is 37.8 Å². The molecule has 0 aliphatic heterocycles. The molecule has 0 aliphatic rings. The van der Waals surface area contributed by atoms with E-state index in [1.54, 1.807) is 19.1 Å². The molecule has 2 aromatic rings. The van der Waals surface area contributed by atoms with E-state index < -0.39 is 6.04 Å². The molecular formula is C22H28N2O3S. The SMILES string of the molecule is CCC(C(=O)NC)N(Cc1cccc(OC)c1)C(=O)CSc1ccc(C)cc1. The highest BCUT2D eigenvalue weighted by Gasteiger charge is 2.28. The molecule has 2 aromatic carbocycles. The van der Waals surface area contributed by atoms with E-state index in [2.05, 4.69) is 5.32 Å². The Morgan fingerprint density at radius 1 is 1.18 bits per heavy atom. The lowest BCUT2D eigenvalue weighted by Crippen LogP contribution is -2.48. The van der Waals surface area contributed by atoms with Crippen LogP contribution in [0.3, 0.4) is 0 Å². The zero-order valence-corrected chi connectivity index (χ0v) is 17.7. The number of thioether (sulfide) groups is 1. The van der Waals surface area contributed by atoms with Crippen molar-refractivity contribution in [3.05, 3.63) is 59.7 Å². The summed E-state index contributed by atoms with van der Waals surface area (Å²) < 4.78 is 5.28. The molecule has 1 atom stereocenters. The van der Waals surface area contributed by atoms with Crippen molar-refractivity contribution in [3.8, 4) is 5.75 Å². The zero-order chi connectivity index (χ0) is 20.5. The number of methoxy groups -OCH3 is 1. The van der Waals surface area contributed by atoms with Crippen LogP contribution in [0.25, 0.3) is 0 Å². The Morgan fingerprint density at radius 2 is 1.89 bits per heavy atom. The minimum Gasteiger partial charge on any atom is -0.497 e. The van der Waals surface area contributed by atoms with Crippen LogP contribution in [0.1, 0.15) is 24.5 Å². The first-order valence-corrected chi connectivity index (χ1v) is 10.3. The first-order chi connectivity index (χ1) is 13.5. The maximum Gasteiger partial charge on any atom is 0.242 e. The predicted octanol–water partition coefficient (Wildman–Crippen LogP) is 3.65. The van der Waals surface area contributed by atoms with E-state index in [1.165, 1.54) is 17.3 Å². The average molecular weight is 401 g/mol. The molecule has 0 aromatic heterocycles. The molecule has 150 valence electrons. The Morgan fingerprint density at radius 3 is 2.50 bits per heavy atom. The smallest absolute Gasteiger partial charge is 0.242 e. The van der Waals surface area contributed by atoms with Crippen molar-refractivity contribution in [1.82, 2.24) is 10.2 Å². The molecule has 28 heavy (non-hydrogen) atoms. The van der Waals surface area contributed by atoms with Gasteiger partial charge >= 0.3 is 0 Å². The standard InChI is InChI=1S/C22H28N2O3S/c1-5-20(22(26)23-3)24(14-17-7-6-8-18(13-17)27-4)21(25)15-28-19-11-9-16(2)10-12-19/h6-13,20H,5,14-15H2,1-4H3,(H,23,26). The van der Waals surface area contributed by atoms with E-state index in [4.69, 9.17) is 4.74 Å². The molecule has 0 fully saturated rings. The minimum atomic E-state index is -0.512. The van der Waals surface area contributed by atoms with Gasteiger partial charge in [0, 0.05) is 18.5 Å². The van der Waals surface area contributed by atoms with Crippen molar-refractivity contribution in [2.75, 3.05) is 19.9 Å². The van der Waals surface area contributed by atoms with Crippen molar-refractivity contribution in [2.24, 2.45) is 0 Å². The third-order valence-electron chi connectivity index (χ3n) is 4.50. The van der Waals surface area contributed by atoms with Crippen molar-refractivity contribution in [3.63, 3.8) is 0 Å². The maximum absolute atomic E-state index is 13.1.